The van der Waals surface area contributed by atoms with Gasteiger partial charge in [0.2, 0.25) is 0 Å². The molecule has 16 heavy (non-hydrogen) atoms. The van der Waals surface area contributed by atoms with E-state index in [1.54, 1.807) is 7.11 Å². The SMILES string of the molecule is COC1CCN(c2nccnc2C(=O)O)C1. The molecule has 86 valence electrons. The van der Waals surface area contributed by atoms with Crippen molar-refractivity contribution in [2.24, 2.45) is 0 Å². The Balaban J connectivity index is 2.24. The number of carbonyl (C=O) groups is 1. The lowest BCUT2D eigenvalue weighted by molar-refractivity contribution is 0.0690. The third-order valence-corrected chi connectivity index (χ3v) is 2.66. The summed E-state index contributed by atoms with van der Waals surface area (Å²) in [7, 11) is 1.66. The number of rotatable bonds is 3. The van der Waals surface area contributed by atoms with Crippen molar-refractivity contribution < 1.29 is 14.6 Å². The van der Waals surface area contributed by atoms with E-state index in [9.17, 15) is 4.79 Å². The van der Waals surface area contributed by atoms with Gasteiger partial charge >= 0.3 is 5.97 Å². The summed E-state index contributed by atoms with van der Waals surface area (Å²) in [5.74, 6) is -0.626. The molecule has 6 nitrogen and oxygen atoms in total. The lowest BCUT2D eigenvalue weighted by atomic mass is 10.3. The van der Waals surface area contributed by atoms with E-state index in [-0.39, 0.29) is 11.8 Å². The molecule has 2 rings (SSSR count). The van der Waals surface area contributed by atoms with Gasteiger partial charge in [-0.15, -0.1) is 0 Å². The molecular formula is C10H13N3O3. The van der Waals surface area contributed by atoms with Crippen LogP contribution in [0.1, 0.15) is 16.9 Å². The Labute approximate surface area is 92.9 Å². The molecule has 0 saturated carbocycles. The quantitative estimate of drug-likeness (QED) is 0.799. The van der Waals surface area contributed by atoms with Crippen molar-refractivity contribution in [2.75, 3.05) is 25.1 Å². The highest BCUT2D eigenvalue weighted by atomic mass is 16.5. The summed E-state index contributed by atoms with van der Waals surface area (Å²) in [5.41, 5.74) is -0.000692. The third-order valence-electron chi connectivity index (χ3n) is 2.66. The smallest absolute Gasteiger partial charge is 0.358 e. The molecule has 6 heteroatoms. The molecule has 1 atom stereocenters. The molecule has 0 radical (unpaired) electrons. The molecule has 1 aromatic heterocycles. The van der Waals surface area contributed by atoms with Gasteiger partial charge in [-0.25, -0.2) is 14.8 Å². The van der Waals surface area contributed by atoms with Crippen molar-refractivity contribution >= 4 is 11.8 Å². The van der Waals surface area contributed by atoms with Gasteiger partial charge in [-0.05, 0) is 6.42 Å². The van der Waals surface area contributed by atoms with Crippen LogP contribution in [-0.2, 0) is 4.74 Å². The van der Waals surface area contributed by atoms with Crippen LogP contribution in [0.4, 0.5) is 5.82 Å². The summed E-state index contributed by atoms with van der Waals surface area (Å²) >= 11 is 0. The molecule has 0 amide bonds. The molecule has 1 N–H and O–H groups in total. The number of nitrogens with zero attached hydrogens (tertiary/aromatic N) is 3. The molecule has 1 unspecified atom stereocenters. The highest BCUT2D eigenvalue weighted by molar-refractivity contribution is 5.90. The van der Waals surface area contributed by atoms with Gasteiger partial charge in [-0.3, -0.25) is 0 Å². The zero-order chi connectivity index (χ0) is 11.5. The lowest BCUT2D eigenvalue weighted by Gasteiger charge is -2.17. The average molecular weight is 223 g/mol. The predicted octanol–water partition coefficient (Wildman–Crippen LogP) is 0.400. The van der Waals surface area contributed by atoms with Crippen molar-refractivity contribution in [1.82, 2.24) is 9.97 Å². The second kappa shape index (κ2) is 4.44. The van der Waals surface area contributed by atoms with E-state index in [0.717, 1.165) is 13.0 Å². The third kappa shape index (κ3) is 1.96. The van der Waals surface area contributed by atoms with Crippen molar-refractivity contribution in [3.8, 4) is 0 Å². The number of anilines is 1. The van der Waals surface area contributed by atoms with Crippen LogP contribution in [0.5, 0.6) is 0 Å². The maximum atomic E-state index is 11.0. The first-order valence-electron chi connectivity index (χ1n) is 5.04. The van der Waals surface area contributed by atoms with Gasteiger partial charge in [0.05, 0.1) is 6.10 Å². The van der Waals surface area contributed by atoms with Crippen molar-refractivity contribution in [3.05, 3.63) is 18.1 Å². The largest absolute Gasteiger partial charge is 0.476 e. The van der Waals surface area contributed by atoms with Gasteiger partial charge in [0, 0.05) is 32.6 Å². The van der Waals surface area contributed by atoms with Crippen LogP contribution in [-0.4, -0.2) is 47.3 Å². The van der Waals surface area contributed by atoms with Crippen LogP contribution in [0.15, 0.2) is 12.4 Å². The van der Waals surface area contributed by atoms with E-state index in [0.29, 0.717) is 12.4 Å². The summed E-state index contributed by atoms with van der Waals surface area (Å²) in [4.78, 5) is 20.8. The molecule has 0 aromatic carbocycles. The van der Waals surface area contributed by atoms with Gasteiger partial charge in [0.1, 0.15) is 0 Å². The normalized spacial score (nSPS) is 20.1. The van der Waals surface area contributed by atoms with E-state index in [2.05, 4.69) is 9.97 Å². The highest BCUT2D eigenvalue weighted by Gasteiger charge is 2.27. The molecule has 1 saturated heterocycles. The highest BCUT2D eigenvalue weighted by Crippen LogP contribution is 2.21. The number of carboxylic acids is 1. The standard InChI is InChI=1S/C10H13N3O3/c1-16-7-2-5-13(6-7)9-8(10(14)15)11-3-4-12-9/h3-4,7H,2,5-6H2,1H3,(H,14,15). The first-order valence-corrected chi connectivity index (χ1v) is 5.04. The Kier molecular flexibility index (Phi) is 3.00. The van der Waals surface area contributed by atoms with Gasteiger partial charge in [-0.2, -0.15) is 0 Å². The fourth-order valence-corrected chi connectivity index (χ4v) is 1.83. The first-order chi connectivity index (χ1) is 7.72. The summed E-state index contributed by atoms with van der Waals surface area (Å²) in [6.45, 7) is 1.41. The maximum Gasteiger partial charge on any atom is 0.358 e. The van der Waals surface area contributed by atoms with Crippen LogP contribution in [0, 0.1) is 0 Å². The summed E-state index contributed by atoms with van der Waals surface area (Å²) < 4.78 is 5.23. The van der Waals surface area contributed by atoms with Gasteiger partial charge in [-0.1, -0.05) is 0 Å². The molecule has 1 aliphatic rings. The van der Waals surface area contributed by atoms with Crippen LogP contribution in [0.25, 0.3) is 0 Å². The Hall–Kier alpha value is -1.69. The number of hydrogen-bond acceptors (Lipinski definition) is 5. The Morgan fingerprint density at radius 2 is 2.31 bits per heavy atom. The topological polar surface area (TPSA) is 75.5 Å². The lowest BCUT2D eigenvalue weighted by Crippen LogP contribution is -2.25. The fourth-order valence-electron chi connectivity index (χ4n) is 1.83. The second-order valence-corrected chi connectivity index (χ2v) is 3.63. The summed E-state index contributed by atoms with van der Waals surface area (Å²) in [6, 6.07) is 0. The van der Waals surface area contributed by atoms with E-state index in [1.165, 1.54) is 12.4 Å². The minimum Gasteiger partial charge on any atom is -0.476 e. The number of aromatic nitrogens is 2. The minimum absolute atomic E-state index is 0.000692. The second-order valence-electron chi connectivity index (χ2n) is 3.63. The number of methoxy groups -OCH3 is 1. The number of ether oxygens (including phenoxy) is 1. The van der Waals surface area contributed by atoms with Gasteiger partial charge in [0.15, 0.2) is 11.5 Å². The van der Waals surface area contributed by atoms with Crippen LogP contribution >= 0.6 is 0 Å². The molecule has 0 aliphatic carbocycles. The monoisotopic (exact) mass is 223 g/mol. The molecular weight excluding hydrogens is 210 g/mol. The van der Waals surface area contributed by atoms with Crippen LogP contribution < -0.4 is 4.90 Å². The fraction of sp³-hybridized carbons (Fsp3) is 0.500. The Morgan fingerprint density at radius 3 is 2.94 bits per heavy atom. The average Bonchev–Trinajstić information content (AvgIpc) is 2.77. The molecule has 0 spiro atoms. The van der Waals surface area contributed by atoms with Crippen molar-refractivity contribution in [1.29, 1.82) is 0 Å². The summed E-state index contributed by atoms with van der Waals surface area (Å²) in [5, 5.41) is 8.99. The van der Waals surface area contributed by atoms with E-state index in [1.807, 2.05) is 4.90 Å². The predicted molar refractivity (Wildman–Crippen MR) is 56.6 cm³/mol. The zero-order valence-corrected chi connectivity index (χ0v) is 8.96. The minimum atomic E-state index is -1.05. The Morgan fingerprint density at radius 1 is 1.56 bits per heavy atom. The van der Waals surface area contributed by atoms with Crippen LogP contribution in [0.2, 0.25) is 0 Å². The molecule has 1 aliphatic heterocycles. The summed E-state index contributed by atoms with van der Waals surface area (Å²) in [6.07, 6.45) is 3.91. The molecule has 1 aromatic rings. The van der Waals surface area contributed by atoms with E-state index >= 15 is 0 Å². The van der Waals surface area contributed by atoms with Crippen molar-refractivity contribution in [3.63, 3.8) is 0 Å². The number of carboxylic acid groups (broad SMARTS) is 1. The van der Waals surface area contributed by atoms with Crippen LogP contribution in [0.3, 0.4) is 0 Å². The van der Waals surface area contributed by atoms with E-state index in [4.69, 9.17) is 9.84 Å². The van der Waals surface area contributed by atoms with Crippen molar-refractivity contribution in [2.45, 2.75) is 12.5 Å². The van der Waals surface area contributed by atoms with Gasteiger partial charge in [0.25, 0.3) is 0 Å². The molecule has 1 fully saturated rings. The zero-order valence-electron chi connectivity index (χ0n) is 8.96. The Bertz CT molecular complexity index is 397. The number of hydrogen-bond donors (Lipinski definition) is 1. The number of aromatic carboxylic acids is 1. The molecule has 0 bridgehead atoms. The maximum absolute atomic E-state index is 11.0. The van der Waals surface area contributed by atoms with E-state index < -0.39 is 5.97 Å². The molecule has 2 heterocycles. The van der Waals surface area contributed by atoms with Gasteiger partial charge < -0.3 is 14.7 Å². The first kappa shape index (κ1) is 10.8.